The third-order valence-corrected chi connectivity index (χ3v) is 3.52. The summed E-state index contributed by atoms with van der Waals surface area (Å²) in [5.41, 5.74) is 3.06. The van der Waals surface area contributed by atoms with Crippen molar-refractivity contribution < 1.29 is 4.74 Å². The van der Waals surface area contributed by atoms with Crippen LogP contribution in [0, 0.1) is 6.92 Å². The summed E-state index contributed by atoms with van der Waals surface area (Å²) in [7, 11) is 0. The van der Waals surface area contributed by atoms with Gasteiger partial charge in [-0.2, -0.15) is 0 Å². The van der Waals surface area contributed by atoms with Gasteiger partial charge in [0.05, 0.1) is 5.52 Å². The first-order valence-corrected chi connectivity index (χ1v) is 6.98. The van der Waals surface area contributed by atoms with Crippen molar-refractivity contribution in [3.05, 3.63) is 65.9 Å². The van der Waals surface area contributed by atoms with Crippen LogP contribution < -0.4 is 4.74 Å². The van der Waals surface area contributed by atoms with Gasteiger partial charge < -0.3 is 4.74 Å². The fraction of sp³-hybridized carbons (Fsp3) is 0.118. The van der Waals surface area contributed by atoms with Gasteiger partial charge in [0.1, 0.15) is 11.5 Å². The normalized spacial score (nSPS) is 10.7. The largest absolute Gasteiger partial charge is 0.457 e. The maximum atomic E-state index is 5.96. The third-order valence-electron chi connectivity index (χ3n) is 3.21. The standard InChI is InChI=1S/C17H14ClNO/c1-12-4-5-13(11-18)9-17(12)20-15-7-6-14-3-2-8-19-16(14)10-15/h2-10H,11H2,1H3. The van der Waals surface area contributed by atoms with Crippen LogP contribution in [0.2, 0.25) is 0 Å². The monoisotopic (exact) mass is 283 g/mol. The molecule has 0 N–H and O–H groups in total. The molecular formula is C17H14ClNO. The van der Waals surface area contributed by atoms with Crippen LogP contribution in [0.1, 0.15) is 11.1 Å². The number of aromatic nitrogens is 1. The van der Waals surface area contributed by atoms with Crippen molar-refractivity contribution in [2.24, 2.45) is 0 Å². The van der Waals surface area contributed by atoms with E-state index in [1.807, 2.05) is 55.5 Å². The van der Waals surface area contributed by atoms with Crippen molar-refractivity contribution in [2.45, 2.75) is 12.8 Å². The van der Waals surface area contributed by atoms with E-state index in [0.717, 1.165) is 33.5 Å². The van der Waals surface area contributed by atoms with Gasteiger partial charge in [0.15, 0.2) is 0 Å². The van der Waals surface area contributed by atoms with Gasteiger partial charge in [0.25, 0.3) is 0 Å². The maximum Gasteiger partial charge on any atom is 0.130 e. The highest BCUT2D eigenvalue weighted by Crippen LogP contribution is 2.28. The summed E-state index contributed by atoms with van der Waals surface area (Å²) >= 11 is 5.87. The molecule has 0 atom stereocenters. The molecule has 0 saturated carbocycles. The van der Waals surface area contributed by atoms with E-state index in [-0.39, 0.29) is 0 Å². The molecule has 0 aliphatic rings. The number of halogens is 1. The van der Waals surface area contributed by atoms with Gasteiger partial charge in [-0.1, -0.05) is 18.2 Å². The van der Waals surface area contributed by atoms with Gasteiger partial charge in [0, 0.05) is 23.5 Å². The van der Waals surface area contributed by atoms with Gasteiger partial charge in [-0.25, -0.2) is 0 Å². The first kappa shape index (κ1) is 12.9. The summed E-state index contributed by atoms with van der Waals surface area (Å²) in [6, 6.07) is 15.9. The van der Waals surface area contributed by atoms with Crippen molar-refractivity contribution in [1.29, 1.82) is 0 Å². The van der Waals surface area contributed by atoms with Crippen LogP contribution in [-0.4, -0.2) is 4.98 Å². The Balaban J connectivity index is 1.96. The zero-order valence-electron chi connectivity index (χ0n) is 11.1. The number of rotatable bonds is 3. The van der Waals surface area contributed by atoms with Crippen molar-refractivity contribution in [2.75, 3.05) is 0 Å². The Morgan fingerprint density at radius 1 is 1.10 bits per heavy atom. The Bertz CT molecular complexity index is 755. The van der Waals surface area contributed by atoms with E-state index in [9.17, 15) is 0 Å². The third kappa shape index (κ3) is 2.61. The molecule has 3 aromatic rings. The van der Waals surface area contributed by atoms with Crippen LogP contribution in [0.3, 0.4) is 0 Å². The zero-order chi connectivity index (χ0) is 13.9. The molecule has 0 aliphatic carbocycles. The number of hydrogen-bond acceptors (Lipinski definition) is 2. The first-order chi connectivity index (χ1) is 9.76. The molecular weight excluding hydrogens is 270 g/mol. The number of benzene rings is 2. The summed E-state index contributed by atoms with van der Waals surface area (Å²) in [6.45, 7) is 2.02. The van der Waals surface area contributed by atoms with E-state index < -0.39 is 0 Å². The van der Waals surface area contributed by atoms with Gasteiger partial charge in [-0.05, 0) is 42.3 Å². The van der Waals surface area contributed by atoms with Crippen molar-refractivity contribution >= 4 is 22.5 Å². The van der Waals surface area contributed by atoms with E-state index in [0.29, 0.717) is 5.88 Å². The Morgan fingerprint density at radius 2 is 2.00 bits per heavy atom. The molecule has 0 bridgehead atoms. The van der Waals surface area contributed by atoms with Crippen LogP contribution in [0.15, 0.2) is 54.7 Å². The number of alkyl halides is 1. The number of fused-ring (bicyclic) bond motifs is 1. The van der Waals surface area contributed by atoms with Gasteiger partial charge in [0.2, 0.25) is 0 Å². The Hall–Kier alpha value is -2.06. The Labute approximate surface area is 123 Å². The van der Waals surface area contributed by atoms with Gasteiger partial charge in [-0.3, -0.25) is 4.98 Å². The van der Waals surface area contributed by atoms with Crippen LogP contribution in [0.5, 0.6) is 11.5 Å². The lowest BCUT2D eigenvalue weighted by Crippen LogP contribution is -1.90. The highest BCUT2D eigenvalue weighted by atomic mass is 35.5. The number of ether oxygens (including phenoxy) is 1. The SMILES string of the molecule is Cc1ccc(CCl)cc1Oc1ccc2cccnc2c1. The summed E-state index contributed by atoms with van der Waals surface area (Å²) in [5.74, 6) is 2.10. The molecule has 0 spiro atoms. The second-order valence-corrected chi connectivity index (χ2v) is 4.96. The van der Waals surface area contributed by atoms with Crippen molar-refractivity contribution in [1.82, 2.24) is 4.98 Å². The summed E-state index contributed by atoms with van der Waals surface area (Å²) in [6.07, 6.45) is 1.78. The molecule has 100 valence electrons. The van der Waals surface area contributed by atoms with Crippen LogP contribution in [-0.2, 0) is 5.88 Å². The van der Waals surface area contributed by atoms with Crippen LogP contribution in [0.25, 0.3) is 10.9 Å². The van der Waals surface area contributed by atoms with E-state index in [1.54, 1.807) is 6.20 Å². The van der Waals surface area contributed by atoms with E-state index >= 15 is 0 Å². The molecule has 20 heavy (non-hydrogen) atoms. The van der Waals surface area contributed by atoms with Crippen LogP contribution >= 0.6 is 11.6 Å². The highest BCUT2D eigenvalue weighted by molar-refractivity contribution is 6.17. The average Bonchev–Trinajstić information content (AvgIpc) is 2.49. The lowest BCUT2D eigenvalue weighted by Gasteiger charge is -2.10. The van der Waals surface area contributed by atoms with Crippen molar-refractivity contribution in [3.63, 3.8) is 0 Å². The molecule has 0 aliphatic heterocycles. The minimum absolute atomic E-state index is 0.482. The molecule has 2 aromatic carbocycles. The van der Waals surface area contributed by atoms with Crippen molar-refractivity contribution in [3.8, 4) is 11.5 Å². The first-order valence-electron chi connectivity index (χ1n) is 6.44. The molecule has 0 amide bonds. The molecule has 0 saturated heterocycles. The molecule has 3 rings (SSSR count). The highest BCUT2D eigenvalue weighted by Gasteiger charge is 2.04. The smallest absolute Gasteiger partial charge is 0.130 e. The number of aryl methyl sites for hydroxylation is 1. The number of nitrogens with zero attached hydrogens (tertiary/aromatic N) is 1. The molecule has 2 nitrogen and oxygen atoms in total. The van der Waals surface area contributed by atoms with E-state index in [4.69, 9.17) is 16.3 Å². The molecule has 0 unspecified atom stereocenters. The quantitative estimate of drug-likeness (QED) is 0.626. The predicted molar refractivity (Wildman–Crippen MR) is 82.6 cm³/mol. The fourth-order valence-electron chi connectivity index (χ4n) is 2.07. The molecule has 3 heteroatoms. The van der Waals surface area contributed by atoms with Crippen LogP contribution in [0.4, 0.5) is 0 Å². The van der Waals surface area contributed by atoms with E-state index in [1.165, 1.54) is 0 Å². The topological polar surface area (TPSA) is 22.1 Å². The summed E-state index contributed by atoms with van der Waals surface area (Å²) < 4.78 is 5.96. The fourth-order valence-corrected chi connectivity index (χ4v) is 2.24. The minimum Gasteiger partial charge on any atom is -0.457 e. The summed E-state index contributed by atoms with van der Waals surface area (Å²) in [5, 5.41) is 1.10. The van der Waals surface area contributed by atoms with Gasteiger partial charge >= 0.3 is 0 Å². The van der Waals surface area contributed by atoms with Gasteiger partial charge in [-0.15, -0.1) is 11.6 Å². The molecule has 1 aromatic heterocycles. The van der Waals surface area contributed by atoms with E-state index in [2.05, 4.69) is 4.98 Å². The number of hydrogen-bond donors (Lipinski definition) is 0. The average molecular weight is 284 g/mol. The number of pyridine rings is 1. The minimum atomic E-state index is 0.482. The summed E-state index contributed by atoms with van der Waals surface area (Å²) in [4.78, 5) is 4.34. The lowest BCUT2D eigenvalue weighted by atomic mass is 10.1. The predicted octanol–water partition coefficient (Wildman–Crippen LogP) is 5.07. The zero-order valence-corrected chi connectivity index (χ0v) is 11.9. The molecule has 1 heterocycles. The Morgan fingerprint density at radius 3 is 2.85 bits per heavy atom. The lowest BCUT2D eigenvalue weighted by molar-refractivity contribution is 0.479. The maximum absolute atomic E-state index is 5.96. The second-order valence-electron chi connectivity index (χ2n) is 4.69. The second kappa shape index (κ2) is 5.51. The molecule has 0 radical (unpaired) electrons. The Kier molecular flexibility index (Phi) is 3.57. The molecule has 0 fully saturated rings.